The van der Waals surface area contributed by atoms with Crippen molar-refractivity contribution < 1.29 is 14.6 Å². The number of ether oxygens (including phenoxy) is 2. The van der Waals surface area contributed by atoms with E-state index in [0.717, 1.165) is 16.9 Å². The van der Waals surface area contributed by atoms with Gasteiger partial charge in [0.25, 0.3) is 0 Å². The quantitative estimate of drug-likeness (QED) is 0.787. The Bertz CT molecular complexity index is 572. The summed E-state index contributed by atoms with van der Waals surface area (Å²) < 4.78 is 11.2. The number of rotatable bonds is 8. The van der Waals surface area contributed by atoms with Gasteiger partial charge in [-0.25, -0.2) is 0 Å². The second-order valence-electron chi connectivity index (χ2n) is 5.22. The highest BCUT2D eigenvalue weighted by molar-refractivity contribution is 5.43. The number of methoxy groups -OCH3 is 1. The summed E-state index contributed by atoms with van der Waals surface area (Å²) in [6.07, 6.45) is 0. The molecule has 0 aromatic heterocycles. The topological polar surface area (TPSA) is 50.7 Å². The molecule has 0 saturated carbocycles. The fraction of sp³-hybridized carbons (Fsp3) is 0.333. The molecule has 0 aliphatic carbocycles. The van der Waals surface area contributed by atoms with Crippen LogP contribution in [0.2, 0.25) is 0 Å². The predicted octanol–water partition coefficient (Wildman–Crippen LogP) is 2.74. The number of benzene rings is 2. The Morgan fingerprint density at radius 1 is 1.05 bits per heavy atom. The molecule has 0 bridgehead atoms. The van der Waals surface area contributed by atoms with Crippen LogP contribution in [0.15, 0.2) is 48.5 Å². The first-order valence-electron chi connectivity index (χ1n) is 7.41. The van der Waals surface area contributed by atoms with E-state index in [9.17, 15) is 0 Å². The fourth-order valence-electron chi connectivity index (χ4n) is 2.03. The van der Waals surface area contributed by atoms with E-state index < -0.39 is 0 Å². The van der Waals surface area contributed by atoms with Crippen LogP contribution in [0, 0.1) is 0 Å². The summed E-state index contributed by atoms with van der Waals surface area (Å²) in [5.74, 6) is 1.44. The Kier molecular flexibility index (Phi) is 6.25. The average Bonchev–Trinajstić information content (AvgIpc) is 2.58. The summed E-state index contributed by atoms with van der Waals surface area (Å²) in [7, 11) is 1.64. The van der Waals surface area contributed by atoms with Gasteiger partial charge >= 0.3 is 0 Å². The second kappa shape index (κ2) is 8.41. The van der Waals surface area contributed by atoms with Crippen molar-refractivity contribution in [1.29, 1.82) is 0 Å². The Hall–Kier alpha value is -2.04. The molecule has 2 N–H and O–H groups in total. The van der Waals surface area contributed by atoms with E-state index in [1.807, 2.05) is 55.5 Å². The zero-order chi connectivity index (χ0) is 15.8. The van der Waals surface area contributed by atoms with Gasteiger partial charge in [0.1, 0.15) is 6.61 Å². The van der Waals surface area contributed by atoms with Crippen LogP contribution in [0.3, 0.4) is 0 Å². The van der Waals surface area contributed by atoms with E-state index in [2.05, 4.69) is 5.32 Å². The number of hydrogen-bond donors (Lipinski definition) is 2. The standard InChI is InChI=1S/C18H23NO3/c1-14(12-20)19-11-16-8-9-17(18(10-16)21-2)22-13-15-6-4-3-5-7-15/h3-10,14,19-20H,11-13H2,1-2H3/t14-/m1/s1. The Labute approximate surface area is 131 Å². The number of aliphatic hydroxyl groups is 1. The maximum atomic E-state index is 9.03. The SMILES string of the molecule is COc1cc(CN[C@H](C)CO)ccc1OCc1ccccc1. The van der Waals surface area contributed by atoms with Crippen molar-refractivity contribution in [2.45, 2.75) is 26.1 Å². The van der Waals surface area contributed by atoms with Crippen molar-refractivity contribution >= 4 is 0 Å². The molecule has 22 heavy (non-hydrogen) atoms. The minimum absolute atomic E-state index is 0.0694. The lowest BCUT2D eigenvalue weighted by atomic mass is 10.2. The third kappa shape index (κ3) is 4.76. The maximum Gasteiger partial charge on any atom is 0.161 e. The molecule has 2 aromatic carbocycles. The molecule has 0 aliphatic heterocycles. The summed E-state index contributed by atoms with van der Waals surface area (Å²) in [4.78, 5) is 0. The molecule has 2 aromatic rings. The van der Waals surface area contributed by atoms with Gasteiger partial charge < -0.3 is 19.9 Å². The van der Waals surface area contributed by atoms with Crippen LogP contribution in [0.25, 0.3) is 0 Å². The van der Waals surface area contributed by atoms with Crippen LogP contribution in [0.4, 0.5) is 0 Å². The molecule has 0 unspecified atom stereocenters. The Balaban J connectivity index is 1.99. The van der Waals surface area contributed by atoms with Crippen LogP contribution in [-0.4, -0.2) is 24.9 Å². The van der Waals surface area contributed by atoms with Crippen LogP contribution in [0.5, 0.6) is 11.5 Å². The normalized spacial score (nSPS) is 12.0. The molecule has 0 aliphatic rings. The summed E-state index contributed by atoms with van der Waals surface area (Å²) in [6.45, 7) is 3.25. The van der Waals surface area contributed by atoms with E-state index in [1.54, 1.807) is 7.11 Å². The van der Waals surface area contributed by atoms with E-state index in [0.29, 0.717) is 18.9 Å². The van der Waals surface area contributed by atoms with Gasteiger partial charge in [-0.15, -0.1) is 0 Å². The molecular weight excluding hydrogens is 278 g/mol. The van der Waals surface area contributed by atoms with Crippen molar-refractivity contribution in [3.8, 4) is 11.5 Å². The molecule has 0 amide bonds. The van der Waals surface area contributed by atoms with E-state index in [-0.39, 0.29) is 12.6 Å². The van der Waals surface area contributed by atoms with Crippen molar-refractivity contribution in [3.05, 3.63) is 59.7 Å². The van der Waals surface area contributed by atoms with Crippen molar-refractivity contribution in [1.82, 2.24) is 5.32 Å². The predicted molar refractivity (Wildman–Crippen MR) is 87.2 cm³/mol. The van der Waals surface area contributed by atoms with Crippen LogP contribution in [-0.2, 0) is 13.2 Å². The van der Waals surface area contributed by atoms with E-state index >= 15 is 0 Å². The zero-order valence-electron chi connectivity index (χ0n) is 13.1. The van der Waals surface area contributed by atoms with Gasteiger partial charge in [-0.2, -0.15) is 0 Å². The van der Waals surface area contributed by atoms with Gasteiger partial charge in [0.2, 0.25) is 0 Å². The van der Waals surface area contributed by atoms with Gasteiger partial charge in [0.15, 0.2) is 11.5 Å². The lowest BCUT2D eigenvalue weighted by molar-refractivity contribution is 0.251. The zero-order valence-corrected chi connectivity index (χ0v) is 13.1. The maximum absolute atomic E-state index is 9.03. The lowest BCUT2D eigenvalue weighted by Gasteiger charge is -2.14. The third-order valence-corrected chi connectivity index (χ3v) is 3.39. The van der Waals surface area contributed by atoms with E-state index in [4.69, 9.17) is 14.6 Å². The van der Waals surface area contributed by atoms with Crippen LogP contribution in [0.1, 0.15) is 18.1 Å². The van der Waals surface area contributed by atoms with Gasteiger partial charge in [-0.1, -0.05) is 36.4 Å². The number of nitrogens with one attached hydrogen (secondary N) is 1. The molecule has 4 nitrogen and oxygen atoms in total. The van der Waals surface area contributed by atoms with Crippen LogP contribution >= 0.6 is 0 Å². The molecule has 4 heteroatoms. The number of aliphatic hydroxyl groups excluding tert-OH is 1. The summed E-state index contributed by atoms with van der Waals surface area (Å²) in [6, 6.07) is 16.0. The highest BCUT2D eigenvalue weighted by atomic mass is 16.5. The largest absolute Gasteiger partial charge is 0.493 e. The highest BCUT2D eigenvalue weighted by Gasteiger charge is 2.07. The molecule has 0 heterocycles. The molecule has 1 atom stereocenters. The van der Waals surface area contributed by atoms with Crippen LogP contribution < -0.4 is 14.8 Å². The van der Waals surface area contributed by atoms with Gasteiger partial charge in [0, 0.05) is 12.6 Å². The van der Waals surface area contributed by atoms with Crippen molar-refractivity contribution in [2.75, 3.05) is 13.7 Å². The molecule has 2 rings (SSSR count). The van der Waals surface area contributed by atoms with Crippen molar-refractivity contribution in [3.63, 3.8) is 0 Å². The summed E-state index contributed by atoms with van der Waals surface area (Å²) >= 11 is 0. The molecule has 118 valence electrons. The summed E-state index contributed by atoms with van der Waals surface area (Å²) in [5.41, 5.74) is 2.20. The number of hydrogen-bond acceptors (Lipinski definition) is 4. The minimum atomic E-state index is 0.0694. The smallest absolute Gasteiger partial charge is 0.161 e. The van der Waals surface area contributed by atoms with Gasteiger partial charge in [0.05, 0.1) is 13.7 Å². The molecule has 0 spiro atoms. The van der Waals surface area contributed by atoms with Gasteiger partial charge in [-0.05, 0) is 30.2 Å². The highest BCUT2D eigenvalue weighted by Crippen LogP contribution is 2.28. The van der Waals surface area contributed by atoms with Gasteiger partial charge in [-0.3, -0.25) is 0 Å². The molecular formula is C18H23NO3. The summed E-state index contributed by atoms with van der Waals surface area (Å²) in [5, 5.41) is 12.3. The lowest BCUT2D eigenvalue weighted by Crippen LogP contribution is -2.28. The third-order valence-electron chi connectivity index (χ3n) is 3.39. The van der Waals surface area contributed by atoms with Crippen molar-refractivity contribution in [2.24, 2.45) is 0 Å². The first-order valence-corrected chi connectivity index (χ1v) is 7.41. The second-order valence-corrected chi connectivity index (χ2v) is 5.22. The first kappa shape index (κ1) is 16.3. The average molecular weight is 301 g/mol. The molecule has 0 saturated heterocycles. The fourth-order valence-corrected chi connectivity index (χ4v) is 2.03. The molecule has 0 fully saturated rings. The molecule has 0 radical (unpaired) electrons. The van der Waals surface area contributed by atoms with E-state index in [1.165, 1.54) is 0 Å². The Morgan fingerprint density at radius 3 is 2.50 bits per heavy atom. The monoisotopic (exact) mass is 301 g/mol. The Morgan fingerprint density at radius 2 is 1.82 bits per heavy atom. The minimum Gasteiger partial charge on any atom is -0.493 e. The first-order chi connectivity index (χ1) is 10.7.